The zero-order valence-corrected chi connectivity index (χ0v) is 20.8. The Hall–Kier alpha value is -4.65. The van der Waals surface area contributed by atoms with Crippen molar-refractivity contribution < 1.29 is 23.8 Å². The van der Waals surface area contributed by atoms with Gasteiger partial charge in [0.25, 0.3) is 11.8 Å². The van der Waals surface area contributed by atoms with E-state index in [1.807, 2.05) is 6.07 Å². The van der Waals surface area contributed by atoms with E-state index in [1.54, 1.807) is 48.9 Å². The Labute approximate surface area is 214 Å². The van der Waals surface area contributed by atoms with Gasteiger partial charge >= 0.3 is 5.89 Å². The Morgan fingerprint density at radius 3 is 2.89 bits per heavy atom. The first-order valence-electron chi connectivity index (χ1n) is 11.1. The number of fused-ring (bicyclic) bond motifs is 2. The van der Waals surface area contributed by atoms with Gasteiger partial charge in [-0.05, 0) is 32.0 Å². The first-order valence-corrected chi connectivity index (χ1v) is 11.9. The van der Waals surface area contributed by atoms with E-state index < -0.39 is 17.6 Å². The molecule has 0 aliphatic carbocycles. The number of hydrogen-bond donors (Lipinski definition) is 2. The third-order valence-electron chi connectivity index (χ3n) is 5.48. The SMILES string of the molecule is CN1C(=O)[C@@H](NC(=O)c2cn3c(-c4coc(C#N)n4)csc3n2)COc2ccc(C#CC(C)(C)O)cc21. The summed E-state index contributed by atoms with van der Waals surface area (Å²) in [6.45, 7) is 3.10. The second kappa shape index (κ2) is 9.09. The van der Waals surface area contributed by atoms with Crippen molar-refractivity contribution >= 4 is 33.8 Å². The highest BCUT2D eigenvalue weighted by atomic mass is 32.1. The number of amides is 2. The van der Waals surface area contributed by atoms with Crippen molar-refractivity contribution in [2.45, 2.75) is 25.5 Å². The average molecular weight is 517 g/mol. The fourth-order valence-electron chi connectivity index (χ4n) is 3.66. The summed E-state index contributed by atoms with van der Waals surface area (Å²) in [5, 5.41) is 23.3. The van der Waals surface area contributed by atoms with Crippen LogP contribution in [0.1, 0.15) is 35.8 Å². The number of ether oxygens (including phenoxy) is 1. The summed E-state index contributed by atoms with van der Waals surface area (Å²) in [7, 11) is 1.59. The molecule has 4 heterocycles. The number of hydrogen-bond acceptors (Lipinski definition) is 9. The Bertz CT molecular complexity index is 1640. The number of carbonyl (C=O) groups is 2. The predicted molar refractivity (Wildman–Crippen MR) is 133 cm³/mol. The summed E-state index contributed by atoms with van der Waals surface area (Å²) in [6, 6.07) is 6.01. The Kier molecular flexibility index (Phi) is 5.91. The molecular weight excluding hydrogens is 496 g/mol. The van der Waals surface area contributed by atoms with Gasteiger partial charge < -0.3 is 24.5 Å². The van der Waals surface area contributed by atoms with Gasteiger partial charge in [-0.3, -0.25) is 14.0 Å². The minimum Gasteiger partial charge on any atom is -0.489 e. The third kappa shape index (κ3) is 4.76. The molecule has 11 nitrogen and oxygen atoms in total. The number of aliphatic hydroxyl groups is 1. The quantitative estimate of drug-likeness (QED) is 0.394. The van der Waals surface area contributed by atoms with Gasteiger partial charge in [-0.2, -0.15) is 10.2 Å². The van der Waals surface area contributed by atoms with Crippen LogP contribution in [0.3, 0.4) is 0 Å². The fraction of sp³-hybridized carbons (Fsp3) is 0.240. The van der Waals surface area contributed by atoms with Crippen molar-refractivity contribution in [2.75, 3.05) is 18.6 Å². The van der Waals surface area contributed by atoms with E-state index in [0.29, 0.717) is 33.3 Å². The molecule has 3 aromatic heterocycles. The number of imidazole rings is 1. The molecule has 1 aliphatic heterocycles. The lowest BCUT2D eigenvalue weighted by molar-refractivity contribution is -0.120. The zero-order valence-electron chi connectivity index (χ0n) is 20.0. The van der Waals surface area contributed by atoms with Gasteiger partial charge in [0.1, 0.15) is 41.7 Å². The lowest BCUT2D eigenvalue weighted by Crippen LogP contribution is -2.49. The van der Waals surface area contributed by atoms with E-state index in [2.05, 4.69) is 27.1 Å². The molecule has 0 saturated heterocycles. The normalized spacial score (nSPS) is 15.3. The minimum atomic E-state index is -1.16. The predicted octanol–water partition coefficient (Wildman–Crippen LogP) is 2.20. The van der Waals surface area contributed by atoms with E-state index in [1.165, 1.54) is 28.7 Å². The summed E-state index contributed by atoms with van der Waals surface area (Å²) < 4.78 is 12.6. The molecule has 5 rings (SSSR count). The highest BCUT2D eigenvalue weighted by Gasteiger charge is 2.31. The van der Waals surface area contributed by atoms with E-state index in [9.17, 15) is 14.7 Å². The van der Waals surface area contributed by atoms with Crippen LogP contribution in [0.4, 0.5) is 5.69 Å². The number of aromatic nitrogens is 3. The number of nitrogens with zero attached hydrogens (tertiary/aromatic N) is 5. The van der Waals surface area contributed by atoms with Crippen LogP contribution < -0.4 is 15.0 Å². The number of nitriles is 1. The average Bonchev–Trinajstić information content (AvgIpc) is 3.58. The number of nitrogens with one attached hydrogen (secondary N) is 1. The van der Waals surface area contributed by atoms with Crippen molar-refractivity contribution in [1.29, 1.82) is 5.26 Å². The van der Waals surface area contributed by atoms with Gasteiger partial charge in [0.05, 0.1) is 11.4 Å². The van der Waals surface area contributed by atoms with E-state index >= 15 is 0 Å². The summed E-state index contributed by atoms with van der Waals surface area (Å²) in [5.74, 6) is 5.12. The lowest BCUT2D eigenvalue weighted by atomic mass is 10.1. The van der Waals surface area contributed by atoms with Crippen molar-refractivity contribution in [3.63, 3.8) is 0 Å². The van der Waals surface area contributed by atoms with Crippen LogP contribution in [0, 0.1) is 23.2 Å². The molecule has 1 aromatic carbocycles. The van der Waals surface area contributed by atoms with Crippen molar-refractivity contribution in [3.8, 4) is 35.0 Å². The number of anilines is 1. The molecule has 0 saturated carbocycles. The van der Waals surface area contributed by atoms with Crippen molar-refractivity contribution in [1.82, 2.24) is 19.7 Å². The molecule has 0 fully saturated rings. The summed E-state index contributed by atoms with van der Waals surface area (Å²) >= 11 is 1.29. The molecule has 0 bridgehead atoms. The molecule has 12 heteroatoms. The fourth-order valence-corrected chi connectivity index (χ4v) is 4.52. The molecule has 0 spiro atoms. The molecule has 2 amide bonds. The lowest BCUT2D eigenvalue weighted by Gasteiger charge is -2.20. The summed E-state index contributed by atoms with van der Waals surface area (Å²) in [4.78, 5) is 36.6. The maximum Gasteiger partial charge on any atom is 0.301 e. The largest absolute Gasteiger partial charge is 0.489 e. The molecule has 37 heavy (non-hydrogen) atoms. The Morgan fingerprint density at radius 1 is 1.35 bits per heavy atom. The molecular formula is C25H20N6O5S. The number of likely N-dealkylation sites (N-methyl/N-ethyl adjacent to an activating group) is 1. The van der Waals surface area contributed by atoms with Gasteiger partial charge in [-0.15, -0.1) is 11.3 Å². The van der Waals surface area contributed by atoms with Crippen LogP contribution in [0.15, 0.2) is 40.5 Å². The van der Waals surface area contributed by atoms with Gasteiger partial charge in [0, 0.05) is 24.2 Å². The monoisotopic (exact) mass is 516 g/mol. The van der Waals surface area contributed by atoms with Gasteiger partial charge in [-0.1, -0.05) is 11.8 Å². The van der Waals surface area contributed by atoms with Crippen molar-refractivity contribution in [2.24, 2.45) is 0 Å². The molecule has 1 aliphatic rings. The van der Waals surface area contributed by atoms with Gasteiger partial charge in [0.15, 0.2) is 11.0 Å². The first kappa shape index (κ1) is 24.1. The molecule has 4 aromatic rings. The maximum absolute atomic E-state index is 13.2. The standard InChI is InChI=1S/C25H20N6O5S/c1-25(2,34)7-6-14-4-5-20-18(8-14)30(3)23(33)17(12-35-20)28-22(32)15-10-31-19(13-37-24(31)29-15)16-11-36-21(9-26)27-16/h4-5,8,10-11,13,17,34H,12H2,1-3H3,(H,28,32)/t17-/m0/s1. The second-order valence-electron chi connectivity index (χ2n) is 8.78. The Balaban J connectivity index is 1.35. The van der Waals surface area contributed by atoms with Crippen LogP contribution in [0.5, 0.6) is 5.75 Å². The topological polar surface area (TPSA) is 146 Å². The van der Waals surface area contributed by atoms with E-state index in [4.69, 9.17) is 14.4 Å². The molecule has 186 valence electrons. The molecule has 1 atom stereocenters. The van der Waals surface area contributed by atoms with Crippen LogP contribution in [-0.4, -0.2) is 56.6 Å². The molecule has 0 radical (unpaired) electrons. The number of benzene rings is 1. The van der Waals surface area contributed by atoms with E-state index in [-0.39, 0.29) is 24.1 Å². The highest BCUT2D eigenvalue weighted by molar-refractivity contribution is 7.15. The molecule has 2 N–H and O–H groups in total. The number of thiazole rings is 1. The maximum atomic E-state index is 13.2. The minimum absolute atomic E-state index is 0.0687. The summed E-state index contributed by atoms with van der Waals surface area (Å²) in [6.07, 6.45) is 2.89. The Morgan fingerprint density at radius 2 is 2.16 bits per heavy atom. The first-order chi connectivity index (χ1) is 17.6. The number of oxazole rings is 1. The second-order valence-corrected chi connectivity index (χ2v) is 9.61. The van der Waals surface area contributed by atoms with Crippen LogP contribution >= 0.6 is 11.3 Å². The van der Waals surface area contributed by atoms with Crippen molar-refractivity contribution in [3.05, 3.63) is 53.2 Å². The van der Waals surface area contributed by atoms with Gasteiger partial charge in [0.2, 0.25) is 0 Å². The van der Waals surface area contributed by atoms with Gasteiger partial charge in [-0.25, -0.2) is 4.98 Å². The zero-order chi connectivity index (χ0) is 26.3. The van der Waals surface area contributed by atoms with Crippen LogP contribution in [-0.2, 0) is 4.79 Å². The van der Waals surface area contributed by atoms with E-state index in [0.717, 1.165) is 0 Å². The van der Waals surface area contributed by atoms with Crippen LogP contribution in [0.2, 0.25) is 0 Å². The third-order valence-corrected chi connectivity index (χ3v) is 6.32. The van der Waals surface area contributed by atoms with Crippen LogP contribution in [0.25, 0.3) is 16.3 Å². The smallest absolute Gasteiger partial charge is 0.301 e. The number of carbonyl (C=O) groups excluding carboxylic acids is 2. The number of rotatable bonds is 3. The summed E-state index contributed by atoms with van der Waals surface area (Å²) in [5.41, 5.74) is 1.11. The molecule has 0 unspecified atom stereocenters. The highest BCUT2D eigenvalue weighted by Crippen LogP contribution is 2.32.